The van der Waals surface area contributed by atoms with Crippen LogP contribution in [0.2, 0.25) is 0 Å². The maximum absolute atomic E-state index is 11.6. The molecule has 0 saturated heterocycles. The summed E-state index contributed by atoms with van der Waals surface area (Å²) in [6.45, 7) is 0. The maximum atomic E-state index is 11.6. The summed E-state index contributed by atoms with van der Waals surface area (Å²) in [5.41, 5.74) is 0.949. The Morgan fingerprint density at radius 3 is 2.89 bits per heavy atom. The van der Waals surface area contributed by atoms with Crippen LogP contribution in [0.25, 0.3) is 0 Å². The molecule has 0 aliphatic carbocycles. The van der Waals surface area contributed by atoms with Gasteiger partial charge in [-0.25, -0.2) is 4.79 Å². The smallest absolute Gasteiger partial charge is 0.301 e. The molecule has 0 aromatic carbocycles. The molecule has 0 spiro atoms. The monoisotopic (exact) mass is 263 g/mol. The van der Waals surface area contributed by atoms with Crippen LogP contribution in [0.3, 0.4) is 0 Å². The molecule has 0 fully saturated rings. The van der Waals surface area contributed by atoms with Gasteiger partial charge in [0.2, 0.25) is 0 Å². The van der Waals surface area contributed by atoms with Crippen LogP contribution in [0.4, 0.5) is 0 Å². The summed E-state index contributed by atoms with van der Waals surface area (Å²) in [7, 11) is 0. The van der Waals surface area contributed by atoms with Crippen LogP contribution >= 0.6 is 11.3 Å². The lowest BCUT2D eigenvalue weighted by atomic mass is 9.96. The van der Waals surface area contributed by atoms with Crippen molar-refractivity contribution < 1.29 is 14.9 Å². The van der Waals surface area contributed by atoms with E-state index in [0.717, 1.165) is 10.4 Å². The fourth-order valence-corrected chi connectivity index (χ4v) is 2.57. The summed E-state index contributed by atoms with van der Waals surface area (Å²) in [5, 5.41) is 10.5. The predicted octanol–water partition coefficient (Wildman–Crippen LogP) is 2.56. The second kappa shape index (κ2) is 6.28. The van der Waals surface area contributed by atoms with Gasteiger partial charge in [0.15, 0.2) is 0 Å². The number of aromatic nitrogens is 1. The van der Waals surface area contributed by atoms with Crippen LogP contribution in [0.15, 0.2) is 42.0 Å². The topological polar surface area (TPSA) is 59.4 Å². The molecule has 0 bridgehead atoms. The Balaban J connectivity index is 2.08. The summed E-state index contributed by atoms with van der Waals surface area (Å²) < 4.78 is 0. The van der Waals surface area contributed by atoms with E-state index in [1.165, 1.54) is 0 Å². The van der Waals surface area contributed by atoms with Gasteiger partial charge in [0, 0.05) is 17.3 Å². The number of carbonyl (C=O) groups excluding carboxylic acids is 1. The first-order valence-corrected chi connectivity index (χ1v) is 6.44. The summed E-state index contributed by atoms with van der Waals surface area (Å²) >= 11 is 1.58. The number of hydrogen-bond donors (Lipinski definition) is 1. The first kappa shape index (κ1) is 12.7. The molecule has 4 nitrogen and oxygen atoms in total. The highest BCUT2D eigenvalue weighted by Crippen LogP contribution is 2.19. The lowest BCUT2D eigenvalue weighted by Crippen LogP contribution is -2.21. The van der Waals surface area contributed by atoms with Crippen molar-refractivity contribution >= 4 is 17.3 Å². The van der Waals surface area contributed by atoms with E-state index in [2.05, 4.69) is 9.87 Å². The first-order chi connectivity index (χ1) is 8.79. The van der Waals surface area contributed by atoms with E-state index in [4.69, 9.17) is 5.26 Å². The van der Waals surface area contributed by atoms with E-state index in [1.54, 1.807) is 23.7 Å². The van der Waals surface area contributed by atoms with Gasteiger partial charge in [-0.05, 0) is 35.9 Å². The largest absolute Gasteiger partial charge is 0.345 e. The van der Waals surface area contributed by atoms with E-state index in [0.29, 0.717) is 12.8 Å². The second-order valence-electron chi connectivity index (χ2n) is 3.96. The molecule has 0 radical (unpaired) electrons. The molecule has 2 heterocycles. The molecule has 2 aromatic heterocycles. The third-order valence-electron chi connectivity index (χ3n) is 2.66. The van der Waals surface area contributed by atoms with E-state index in [9.17, 15) is 4.79 Å². The standard InChI is InChI=1S/C13H13NO3S/c15-13(17-16)11(8-12-4-2-6-18-12)7-10-3-1-5-14-9-10/h1-6,9,11,16H,7-8H2. The van der Waals surface area contributed by atoms with E-state index >= 15 is 0 Å². The predicted molar refractivity (Wildman–Crippen MR) is 68.2 cm³/mol. The second-order valence-corrected chi connectivity index (χ2v) is 4.99. The summed E-state index contributed by atoms with van der Waals surface area (Å²) in [6, 6.07) is 7.62. The minimum atomic E-state index is -0.604. The molecular formula is C13H13NO3S. The highest BCUT2D eigenvalue weighted by atomic mass is 32.1. The normalized spacial score (nSPS) is 12.1. The van der Waals surface area contributed by atoms with Gasteiger partial charge >= 0.3 is 5.97 Å². The number of rotatable bonds is 5. The number of carbonyl (C=O) groups is 1. The Bertz CT molecular complexity index is 484. The molecule has 0 saturated carbocycles. The Labute approximate surface area is 109 Å². The molecular weight excluding hydrogens is 250 g/mol. The first-order valence-electron chi connectivity index (χ1n) is 5.56. The SMILES string of the molecule is O=C(OO)C(Cc1cccnc1)Cc1cccs1. The average Bonchev–Trinajstić information content (AvgIpc) is 2.91. The number of thiophene rings is 1. The third-order valence-corrected chi connectivity index (χ3v) is 3.55. The molecule has 0 aliphatic heterocycles. The molecule has 1 unspecified atom stereocenters. The maximum Gasteiger partial charge on any atom is 0.345 e. The van der Waals surface area contributed by atoms with Crippen molar-refractivity contribution in [2.45, 2.75) is 12.8 Å². The fourth-order valence-electron chi connectivity index (χ4n) is 1.79. The van der Waals surface area contributed by atoms with Gasteiger partial charge in [0.25, 0.3) is 0 Å². The minimum Gasteiger partial charge on any atom is -0.301 e. The van der Waals surface area contributed by atoms with Crippen LogP contribution in [-0.2, 0) is 22.5 Å². The Hall–Kier alpha value is -1.72. The Kier molecular flexibility index (Phi) is 4.44. The zero-order chi connectivity index (χ0) is 12.8. The summed E-state index contributed by atoms with van der Waals surface area (Å²) in [4.78, 5) is 20.5. The van der Waals surface area contributed by atoms with Gasteiger partial charge in [-0.2, -0.15) is 5.26 Å². The lowest BCUT2D eigenvalue weighted by molar-refractivity contribution is -0.239. The van der Waals surface area contributed by atoms with Crippen LogP contribution in [0, 0.1) is 5.92 Å². The van der Waals surface area contributed by atoms with Crippen molar-refractivity contribution in [3.05, 3.63) is 52.5 Å². The van der Waals surface area contributed by atoms with Crippen molar-refractivity contribution in [3.8, 4) is 0 Å². The van der Waals surface area contributed by atoms with Crippen LogP contribution in [0.1, 0.15) is 10.4 Å². The molecule has 2 aromatic rings. The summed E-state index contributed by atoms with van der Waals surface area (Å²) in [6.07, 6.45) is 4.46. The Morgan fingerprint density at radius 2 is 2.28 bits per heavy atom. The molecule has 1 atom stereocenters. The molecule has 0 amide bonds. The fraction of sp³-hybridized carbons (Fsp3) is 0.231. The average molecular weight is 263 g/mol. The molecule has 2 rings (SSSR count). The van der Waals surface area contributed by atoms with Crippen molar-refractivity contribution in [1.82, 2.24) is 4.98 Å². The van der Waals surface area contributed by atoms with Gasteiger partial charge in [0.05, 0.1) is 5.92 Å². The number of nitrogens with zero attached hydrogens (tertiary/aromatic N) is 1. The van der Waals surface area contributed by atoms with Crippen molar-refractivity contribution in [3.63, 3.8) is 0 Å². The summed E-state index contributed by atoms with van der Waals surface area (Å²) in [5.74, 6) is -0.995. The highest BCUT2D eigenvalue weighted by Gasteiger charge is 2.22. The van der Waals surface area contributed by atoms with Crippen molar-refractivity contribution in [2.75, 3.05) is 0 Å². The quantitative estimate of drug-likeness (QED) is 0.665. The van der Waals surface area contributed by atoms with Crippen LogP contribution in [-0.4, -0.2) is 16.2 Å². The van der Waals surface area contributed by atoms with Gasteiger partial charge in [0.1, 0.15) is 0 Å². The zero-order valence-electron chi connectivity index (χ0n) is 9.65. The third kappa shape index (κ3) is 3.38. The molecule has 94 valence electrons. The van der Waals surface area contributed by atoms with Crippen molar-refractivity contribution in [2.24, 2.45) is 5.92 Å². The minimum absolute atomic E-state index is 0.391. The van der Waals surface area contributed by atoms with E-state index in [1.807, 2.05) is 29.6 Å². The van der Waals surface area contributed by atoms with Gasteiger partial charge in [-0.1, -0.05) is 12.1 Å². The van der Waals surface area contributed by atoms with E-state index < -0.39 is 11.9 Å². The van der Waals surface area contributed by atoms with Gasteiger partial charge in [-0.15, -0.1) is 11.3 Å². The van der Waals surface area contributed by atoms with Crippen LogP contribution < -0.4 is 0 Å². The number of hydrogen-bond acceptors (Lipinski definition) is 5. The molecule has 18 heavy (non-hydrogen) atoms. The highest BCUT2D eigenvalue weighted by molar-refractivity contribution is 7.09. The zero-order valence-corrected chi connectivity index (χ0v) is 10.5. The molecule has 0 aliphatic rings. The lowest BCUT2D eigenvalue weighted by Gasteiger charge is -2.12. The molecule has 1 N–H and O–H groups in total. The van der Waals surface area contributed by atoms with Crippen LogP contribution in [0.5, 0.6) is 0 Å². The number of pyridine rings is 1. The van der Waals surface area contributed by atoms with Gasteiger partial charge < -0.3 is 4.89 Å². The van der Waals surface area contributed by atoms with Gasteiger partial charge in [-0.3, -0.25) is 4.98 Å². The molecule has 5 heteroatoms. The van der Waals surface area contributed by atoms with Crippen molar-refractivity contribution in [1.29, 1.82) is 0 Å². The van der Waals surface area contributed by atoms with E-state index in [-0.39, 0.29) is 0 Å². The Morgan fingerprint density at radius 1 is 1.39 bits per heavy atom.